The normalized spacial score (nSPS) is 17.4. The molecule has 0 spiro atoms. The van der Waals surface area contributed by atoms with E-state index in [0.717, 1.165) is 12.8 Å². The van der Waals surface area contributed by atoms with Crippen molar-refractivity contribution in [1.82, 2.24) is 4.57 Å². The molecule has 3 aliphatic rings. The summed E-state index contributed by atoms with van der Waals surface area (Å²) in [5, 5.41) is 1.44. The van der Waals surface area contributed by atoms with Gasteiger partial charge >= 0.3 is 0 Å². The Morgan fingerprint density at radius 2 is 1.40 bits per heavy atom. The molecule has 0 saturated carbocycles. The maximum absolute atomic E-state index is 2.68. The van der Waals surface area contributed by atoms with Gasteiger partial charge in [0.1, 0.15) is 0 Å². The summed E-state index contributed by atoms with van der Waals surface area (Å²) in [7, 11) is 0. The van der Waals surface area contributed by atoms with Gasteiger partial charge in [-0.05, 0) is 108 Å². The fourth-order valence-corrected chi connectivity index (χ4v) is 11.6. The Labute approximate surface area is 304 Å². The number of rotatable bonds is 5. The molecule has 0 N–H and O–H groups in total. The number of hydrogen-bond donors (Lipinski definition) is 0. The SMILES string of the molecule is CCC1(c2ccccc2)c2cc(Sc3ccccc3)ccc2B2c3c(cccc3-n3c4c(c5ccccc53)CCCCC4)Sc3cccc1c32. The molecule has 0 bridgehead atoms. The lowest BCUT2D eigenvalue weighted by Crippen LogP contribution is -2.64. The van der Waals surface area contributed by atoms with Crippen LogP contribution in [-0.2, 0) is 18.3 Å². The second-order valence-corrected chi connectivity index (χ2v) is 16.3. The van der Waals surface area contributed by atoms with E-state index >= 15 is 0 Å². The maximum Gasteiger partial charge on any atom is 0.247 e. The summed E-state index contributed by atoms with van der Waals surface area (Å²) in [5.41, 5.74) is 14.3. The van der Waals surface area contributed by atoms with Crippen LogP contribution >= 0.6 is 23.5 Å². The van der Waals surface area contributed by atoms with Crippen molar-refractivity contribution in [3.63, 3.8) is 0 Å². The molecule has 1 atom stereocenters. The van der Waals surface area contributed by atoms with Crippen molar-refractivity contribution >= 4 is 57.5 Å². The molecule has 0 fully saturated rings. The second kappa shape index (κ2) is 12.1. The first-order chi connectivity index (χ1) is 24.8. The molecule has 7 aromatic rings. The topological polar surface area (TPSA) is 4.93 Å². The van der Waals surface area contributed by atoms with Crippen molar-refractivity contribution in [3.05, 3.63) is 167 Å². The van der Waals surface area contributed by atoms with Crippen molar-refractivity contribution in [2.45, 2.75) is 70.4 Å². The van der Waals surface area contributed by atoms with Crippen LogP contribution < -0.4 is 16.4 Å². The third-order valence-electron chi connectivity index (χ3n) is 11.6. The molecule has 0 amide bonds. The van der Waals surface area contributed by atoms with Crippen molar-refractivity contribution in [3.8, 4) is 5.69 Å². The van der Waals surface area contributed by atoms with E-state index in [-0.39, 0.29) is 12.1 Å². The predicted molar refractivity (Wildman–Crippen MR) is 213 cm³/mol. The molecule has 242 valence electrons. The molecule has 0 radical (unpaired) electrons. The number of fused-ring (bicyclic) bond motifs is 7. The third kappa shape index (κ3) is 4.51. The molecular weight excluding hydrogens is 641 g/mol. The monoisotopic (exact) mass is 679 g/mol. The van der Waals surface area contributed by atoms with Crippen LogP contribution in [0.3, 0.4) is 0 Å². The minimum Gasteiger partial charge on any atom is -0.314 e. The minimum absolute atomic E-state index is 0.144. The fraction of sp³-hybridized carbons (Fsp3) is 0.174. The van der Waals surface area contributed by atoms with Crippen molar-refractivity contribution in [1.29, 1.82) is 0 Å². The Bertz CT molecular complexity index is 2410. The summed E-state index contributed by atoms with van der Waals surface area (Å²) >= 11 is 3.85. The van der Waals surface area contributed by atoms with Crippen molar-refractivity contribution in [2.24, 2.45) is 0 Å². The summed E-state index contributed by atoms with van der Waals surface area (Å²) < 4.78 is 2.68. The lowest BCUT2D eigenvalue weighted by atomic mass is 9.30. The Morgan fingerprint density at radius 1 is 0.660 bits per heavy atom. The summed E-state index contributed by atoms with van der Waals surface area (Å²) in [6.45, 7) is 2.54. The van der Waals surface area contributed by atoms with Gasteiger partial charge in [-0.1, -0.05) is 139 Å². The highest BCUT2D eigenvalue weighted by atomic mass is 32.2. The van der Waals surface area contributed by atoms with Gasteiger partial charge in [0.2, 0.25) is 6.71 Å². The van der Waals surface area contributed by atoms with Crippen molar-refractivity contribution in [2.75, 3.05) is 0 Å². The molecule has 1 unspecified atom stereocenters. The van der Waals surface area contributed by atoms with E-state index in [4.69, 9.17) is 0 Å². The highest BCUT2D eigenvalue weighted by Gasteiger charge is 2.49. The largest absolute Gasteiger partial charge is 0.314 e. The van der Waals surface area contributed by atoms with Gasteiger partial charge in [-0.2, -0.15) is 0 Å². The van der Waals surface area contributed by atoms with E-state index in [1.165, 1.54) is 101 Å². The van der Waals surface area contributed by atoms with E-state index in [1.807, 2.05) is 23.5 Å². The third-order valence-corrected chi connectivity index (χ3v) is 13.8. The van der Waals surface area contributed by atoms with E-state index in [1.54, 1.807) is 5.56 Å². The molecular formula is C46H38BNS2. The first-order valence-corrected chi connectivity index (χ1v) is 19.9. The fourth-order valence-electron chi connectivity index (χ4n) is 9.54. The molecule has 3 heterocycles. The zero-order valence-corrected chi connectivity index (χ0v) is 30.0. The maximum atomic E-state index is 2.68. The van der Waals surface area contributed by atoms with Crippen LogP contribution in [0.25, 0.3) is 16.6 Å². The molecule has 0 saturated heterocycles. The highest BCUT2D eigenvalue weighted by molar-refractivity contribution is 8.00. The van der Waals surface area contributed by atoms with Gasteiger partial charge < -0.3 is 4.57 Å². The molecule has 1 aromatic heterocycles. The quantitative estimate of drug-likeness (QED) is 0.132. The summed E-state index contributed by atoms with van der Waals surface area (Å²) in [4.78, 5) is 5.35. The van der Waals surface area contributed by atoms with Crippen LogP contribution in [0.5, 0.6) is 0 Å². The Balaban J connectivity index is 1.27. The van der Waals surface area contributed by atoms with Crippen molar-refractivity contribution < 1.29 is 0 Å². The lowest BCUT2D eigenvalue weighted by Gasteiger charge is -2.46. The number of para-hydroxylation sites is 1. The first kappa shape index (κ1) is 30.4. The number of nitrogens with zero attached hydrogens (tertiary/aromatic N) is 1. The average molecular weight is 680 g/mol. The van der Waals surface area contributed by atoms with Gasteiger partial charge in [-0.3, -0.25) is 0 Å². The number of aryl methyl sites for hydroxylation is 1. The zero-order chi connectivity index (χ0) is 33.2. The van der Waals surface area contributed by atoms with Gasteiger partial charge in [0.25, 0.3) is 0 Å². The number of benzene rings is 6. The standard InChI is InChI=1S/C46H38BNS2/c1-2-46(31-16-6-3-7-17-31)36-22-14-26-42-44(36)47(38-29-28-33(30-37(38)46)49-32-18-8-4-9-19-32)45-41(25-15-27-43(45)50-42)48-39-23-11-5-10-20-34(39)35-21-12-13-24-40(35)48/h3-4,6-9,12-19,21-22,24-30H,2,5,10-11,20,23H2,1H3. The average Bonchev–Trinajstić information content (AvgIpc) is 3.28. The van der Waals surface area contributed by atoms with Crippen LogP contribution in [0.1, 0.15) is 60.6 Å². The molecule has 6 aromatic carbocycles. The molecule has 10 rings (SSSR count). The van der Waals surface area contributed by atoms with Gasteiger partial charge in [0.05, 0.1) is 5.52 Å². The second-order valence-electron chi connectivity index (χ2n) is 14.1. The van der Waals surface area contributed by atoms with Crippen LogP contribution in [0.4, 0.5) is 0 Å². The van der Waals surface area contributed by atoms with E-state index in [2.05, 4.69) is 151 Å². The summed E-state index contributed by atoms with van der Waals surface area (Å²) in [6, 6.07) is 53.0. The summed E-state index contributed by atoms with van der Waals surface area (Å²) in [6.07, 6.45) is 7.13. The Morgan fingerprint density at radius 3 is 2.24 bits per heavy atom. The Hall–Kier alpha value is -4.38. The van der Waals surface area contributed by atoms with Crippen LogP contribution in [0.2, 0.25) is 0 Å². The minimum atomic E-state index is -0.254. The van der Waals surface area contributed by atoms with E-state index in [0.29, 0.717) is 0 Å². The van der Waals surface area contributed by atoms with Gasteiger partial charge in [0.15, 0.2) is 0 Å². The van der Waals surface area contributed by atoms with Gasteiger partial charge in [-0.25, -0.2) is 0 Å². The first-order valence-electron chi connectivity index (χ1n) is 18.2. The molecule has 1 aliphatic carbocycles. The number of aromatic nitrogens is 1. The van der Waals surface area contributed by atoms with Crippen LogP contribution in [0, 0.1) is 0 Å². The predicted octanol–water partition coefficient (Wildman–Crippen LogP) is 10.1. The summed E-state index contributed by atoms with van der Waals surface area (Å²) in [5.74, 6) is 0. The number of hydrogen-bond acceptors (Lipinski definition) is 2. The lowest BCUT2D eigenvalue weighted by molar-refractivity contribution is 0.595. The molecule has 4 heteroatoms. The smallest absolute Gasteiger partial charge is 0.247 e. The highest BCUT2D eigenvalue weighted by Crippen LogP contribution is 2.47. The molecule has 1 nitrogen and oxygen atoms in total. The zero-order valence-electron chi connectivity index (χ0n) is 28.4. The Kier molecular flexibility index (Phi) is 7.40. The van der Waals surface area contributed by atoms with Gasteiger partial charge in [0, 0.05) is 41.8 Å². The van der Waals surface area contributed by atoms with E-state index < -0.39 is 0 Å². The molecule has 2 aliphatic heterocycles. The van der Waals surface area contributed by atoms with Gasteiger partial charge in [-0.15, -0.1) is 0 Å². The van der Waals surface area contributed by atoms with E-state index in [9.17, 15) is 0 Å². The van der Waals surface area contributed by atoms with Crippen LogP contribution in [-0.4, -0.2) is 11.3 Å². The molecule has 50 heavy (non-hydrogen) atoms. The van der Waals surface area contributed by atoms with Crippen LogP contribution in [0.15, 0.2) is 159 Å².